The van der Waals surface area contributed by atoms with Crippen LogP contribution >= 0.6 is 11.5 Å². The van der Waals surface area contributed by atoms with E-state index in [2.05, 4.69) is 4.37 Å². The number of aryl methyl sites for hydroxylation is 1. The van der Waals surface area contributed by atoms with Crippen molar-refractivity contribution in [2.24, 2.45) is 0 Å². The molecular weight excluding hydrogens is 158 g/mol. The summed E-state index contributed by atoms with van der Waals surface area (Å²) in [6.07, 6.45) is 0. The van der Waals surface area contributed by atoms with Crippen LogP contribution in [0.4, 0.5) is 0 Å². The molecule has 0 saturated heterocycles. The molecule has 0 saturated carbocycles. The maximum absolute atomic E-state index is 9.41. The van der Waals surface area contributed by atoms with Gasteiger partial charge in [-0.25, -0.2) is 0 Å². The van der Waals surface area contributed by atoms with Gasteiger partial charge in [-0.15, -0.1) is 0 Å². The lowest BCUT2D eigenvalue weighted by Crippen LogP contribution is -1.70. The molecule has 2 nitrogen and oxygen atoms in total. The predicted molar refractivity (Wildman–Crippen MR) is 46.0 cm³/mol. The molecule has 0 amide bonds. The minimum atomic E-state index is 0.328. The third-order valence-electron chi connectivity index (χ3n) is 1.65. The van der Waals surface area contributed by atoms with E-state index in [-0.39, 0.29) is 0 Å². The molecule has 1 aromatic carbocycles. The highest BCUT2D eigenvalue weighted by atomic mass is 32.1. The fourth-order valence-electron chi connectivity index (χ4n) is 1.12. The molecule has 3 heteroatoms. The predicted octanol–water partition coefficient (Wildman–Crippen LogP) is 2.31. The largest absolute Gasteiger partial charge is 0.507 e. The Kier molecular flexibility index (Phi) is 1.32. The molecular formula is C8H7NOS. The summed E-state index contributed by atoms with van der Waals surface area (Å²) >= 11 is 1.42. The lowest BCUT2D eigenvalue weighted by Gasteiger charge is -1.92. The molecule has 1 heterocycles. The minimum Gasteiger partial charge on any atom is -0.507 e. The third-order valence-corrected chi connectivity index (χ3v) is 2.55. The summed E-state index contributed by atoms with van der Waals surface area (Å²) in [6, 6.07) is 5.47. The van der Waals surface area contributed by atoms with Gasteiger partial charge in [0.05, 0.1) is 15.8 Å². The first-order chi connectivity index (χ1) is 5.29. The first-order valence-electron chi connectivity index (χ1n) is 3.33. The van der Waals surface area contributed by atoms with E-state index in [0.29, 0.717) is 5.75 Å². The van der Waals surface area contributed by atoms with Crippen LogP contribution in [0.25, 0.3) is 10.1 Å². The summed E-state index contributed by atoms with van der Waals surface area (Å²) < 4.78 is 5.18. The van der Waals surface area contributed by atoms with Gasteiger partial charge >= 0.3 is 0 Å². The number of rotatable bonds is 0. The number of aromatic hydroxyl groups is 1. The lowest BCUT2D eigenvalue weighted by molar-refractivity contribution is 0.481. The maximum Gasteiger partial charge on any atom is 0.126 e. The Morgan fingerprint density at radius 3 is 3.00 bits per heavy atom. The highest BCUT2D eigenvalue weighted by molar-refractivity contribution is 7.13. The van der Waals surface area contributed by atoms with Gasteiger partial charge in [0.1, 0.15) is 5.75 Å². The Balaban J connectivity index is 2.96. The molecule has 0 bridgehead atoms. The second kappa shape index (κ2) is 2.20. The topological polar surface area (TPSA) is 33.1 Å². The van der Waals surface area contributed by atoms with Crippen molar-refractivity contribution in [3.8, 4) is 5.75 Å². The van der Waals surface area contributed by atoms with E-state index >= 15 is 0 Å². The van der Waals surface area contributed by atoms with Crippen molar-refractivity contribution < 1.29 is 5.11 Å². The molecule has 0 unspecified atom stereocenters. The Hall–Kier alpha value is -1.09. The first-order valence-corrected chi connectivity index (χ1v) is 4.10. The van der Waals surface area contributed by atoms with Crippen LogP contribution in [0.1, 0.15) is 5.69 Å². The maximum atomic E-state index is 9.41. The van der Waals surface area contributed by atoms with Gasteiger partial charge in [-0.05, 0) is 30.6 Å². The first kappa shape index (κ1) is 6.61. The smallest absolute Gasteiger partial charge is 0.126 e. The second-order valence-electron chi connectivity index (χ2n) is 2.42. The molecule has 0 aliphatic heterocycles. The van der Waals surface area contributed by atoms with Crippen molar-refractivity contribution >= 4 is 21.6 Å². The fourth-order valence-corrected chi connectivity index (χ4v) is 1.93. The molecule has 2 rings (SSSR count). The third kappa shape index (κ3) is 0.886. The number of hydrogen-bond acceptors (Lipinski definition) is 3. The standard InChI is InChI=1S/C8H7NOS/c1-5-8-6(10)3-2-4-7(8)11-9-5/h2-4,10H,1H3. The number of hydrogen-bond donors (Lipinski definition) is 1. The number of phenolic OH excluding ortho intramolecular Hbond substituents is 1. The summed E-state index contributed by atoms with van der Waals surface area (Å²) in [5, 5.41) is 10.3. The van der Waals surface area contributed by atoms with Gasteiger partial charge in [-0.1, -0.05) is 6.07 Å². The van der Waals surface area contributed by atoms with Crippen molar-refractivity contribution in [2.45, 2.75) is 6.92 Å². The van der Waals surface area contributed by atoms with Gasteiger partial charge in [0.25, 0.3) is 0 Å². The SMILES string of the molecule is Cc1nsc2cccc(O)c12. The van der Waals surface area contributed by atoms with Gasteiger partial charge < -0.3 is 5.11 Å². The van der Waals surface area contributed by atoms with Crippen LogP contribution in [0, 0.1) is 6.92 Å². The zero-order chi connectivity index (χ0) is 7.84. The number of phenols is 1. The molecule has 0 atom stereocenters. The Bertz CT molecular complexity index is 394. The highest BCUT2D eigenvalue weighted by Crippen LogP contribution is 2.29. The second-order valence-corrected chi connectivity index (χ2v) is 3.22. The minimum absolute atomic E-state index is 0.328. The van der Waals surface area contributed by atoms with Crippen LogP contribution < -0.4 is 0 Å². The number of aromatic nitrogens is 1. The molecule has 0 aliphatic carbocycles. The van der Waals surface area contributed by atoms with E-state index < -0.39 is 0 Å². The Morgan fingerprint density at radius 1 is 1.45 bits per heavy atom. The summed E-state index contributed by atoms with van der Waals surface area (Å²) in [7, 11) is 0. The highest BCUT2D eigenvalue weighted by Gasteiger charge is 2.04. The van der Waals surface area contributed by atoms with E-state index in [0.717, 1.165) is 15.8 Å². The van der Waals surface area contributed by atoms with Crippen molar-refractivity contribution in [1.29, 1.82) is 0 Å². The number of fused-ring (bicyclic) bond motifs is 1. The van der Waals surface area contributed by atoms with E-state index in [1.54, 1.807) is 6.07 Å². The lowest BCUT2D eigenvalue weighted by atomic mass is 10.2. The van der Waals surface area contributed by atoms with Crippen LogP contribution in [-0.4, -0.2) is 9.48 Å². The fraction of sp³-hybridized carbons (Fsp3) is 0.125. The van der Waals surface area contributed by atoms with Crippen LogP contribution in [-0.2, 0) is 0 Å². The average Bonchev–Trinajstić information content (AvgIpc) is 2.34. The van der Waals surface area contributed by atoms with Crippen molar-refractivity contribution in [3.63, 3.8) is 0 Å². The average molecular weight is 165 g/mol. The Labute approximate surface area is 68.3 Å². The van der Waals surface area contributed by atoms with Crippen LogP contribution in [0.3, 0.4) is 0 Å². The molecule has 0 spiro atoms. The van der Waals surface area contributed by atoms with E-state index in [4.69, 9.17) is 0 Å². The van der Waals surface area contributed by atoms with Crippen LogP contribution in [0.15, 0.2) is 18.2 Å². The van der Waals surface area contributed by atoms with Gasteiger partial charge in [0.15, 0.2) is 0 Å². The van der Waals surface area contributed by atoms with Crippen molar-refractivity contribution in [2.75, 3.05) is 0 Å². The normalized spacial score (nSPS) is 10.6. The number of benzene rings is 1. The summed E-state index contributed by atoms with van der Waals surface area (Å²) in [4.78, 5) is 0. The van der Waals surface area contributed by atoms with Crippen molar-refractivity contribution in [3.05, 3.63) is 23.9 Å². The van der Waals surface area contributed by atoms with Crippen LogP contribution in [0.5, 0.6) is 5.75 Å². The molecule has 0 fully saturated rings. The monoisotopic (exact) mass is 165 g/mol. The molecule has 1 N–H and O–H groups in total. The summed E-state index contributed by atoms with van der Waals surface area (Å²) in [5.74, 6) is 0.328. The van der Waals surface area contributed by atoms with Gasteiger partial charge in [0.2, 0.25) is 0 Å². The van der Waals surface area contributed by atoms with Gasteiger partial charge in [-0.2, -0.15) is 4.37 Å². The summed E-state index contributed by atoms with van der Waals surface area (Å²) in [5.41, 5.74) is 0.906. The molecule has 1 aromatic heterocycles. The summed E-state index contributed by atoms with van der Waals surface area (Å²) in [6.45, 7) is 1.90. The molecule has 2 aromatic rings. The van der Waals surface area contributed by atoms with Crippen molar-refractivity contribution in [1.82, 2.24) is 4.37 Å². The Morgan fingerprint density at radius 2 is 2.27 bits per heavy atom. The molecule has 11 heavy (non-hydrogen) atoms. The van der Waals surface area contributed by atoms with E-state index in [1.165, 1.54) is 11.5 Å². The molecule has 0 radical (unpaired) electrons. The molecule has 56 valence electrons. The van der Waals surface area contributed by atoms with E-state index in [1.807, 2.05) is 19.1 Å². The van der Waals surface area contributed by atoms with E-state index in [9.17, 15) is 5.11 Å². The van der Waals surface area contributed by atoms with Gasteiger partial charge in [-0.3, -0.25) is 0 Å². The van der Waals surface area contributed by atoms with Crippen LogP contribution in [0.2, 0.25) is 0 Å². The van der Waals surface area contributed by atoms with Gasteiger partial charge in [0, 0.05) is 0 Å². The quantitative estimate of drug-likeness (QED) is 0.649. The molecule has 0 aliphatic rings. The zero-order valence-electron chi connectivity index (χ0n) is 6.03. The zero-order valence-corrected chi connectivity index (χ0v) is 6.85. The number of nitrogens with zero attached hydrogens (tertiary/aromatic N) is 1.